The number of oxime groups is 1. The summed E-state index contributed by atoms with van der Waals surface area (Å²) in [5.74, 6) is -0.436. The van der Waals surface area contributed by atoms with Crippen molar-refractivity contribution in [3.05, 3.63) is 77.4 Å². The second-order valence-electron chi connectivity index (χ2n) is 6.29. The van der Waals surface area contributed by atoms with Gasteiger partial charge >= 0.3 is 6.18 Å². The number of alkyl halides is 3. The average molecular weight is 386 g/mol. The lowest BCUT2D eigenvalue weighted by Crippen LogP contribution is -2.17. The number of hydrogen-bond donors (Lipinski definition) is 3. The molecule has 3 aromatic carbocycles. The van der Waals surface area contributed by atoms with Crippen LogP contribution in [0.3, 0.4) is 0 Å². The first-order valence-corrected chi connectivity index (χ1v) is 8.31. The van der Waals surface area contributed by atoms with Gasteiger partial charge in [0.05, 0.1) is 5.56 Å². The standard InChI is InChI=1S/C21H17F3N2O2/c1-12-4-2-3-5-16(12)19-17(13-6-8-15(27)9-7-13)10-14(21(22,23)24)11-18(19)20(25)26-28/h2-11,27-28H,1H3,(H2,25,26). The zero-order valence-electron chi connectivity index (χ0n) is 14.8. The highest BCUT2D eigenvalue weighted by Gasteiger charge is 2.33. The molecule has 0 amide bonds. The smallest absolute Gasteiger partial charge is 0.416 e. The lowest BCUT2D eigenvalue weighted by molar-refractivity contribution is -0.137. The normalized spacial score (nSPS) is 12.2. The number of nitrogens with zero attached hydrogens (tertiary/aromatic N) is 1. The van der Waals surface area contributed by atoms with Crippen LogP contribution < -0.4 is 5.73 Å². The number of aryl methyl sites for hydroxylation is 1. The van der Waals surface area contributed by atoms with Crippen LogP contribution in [0.5, 0.6) is 5.75 Å². The van der Waals surface area contributed by atoms with Crippen LogP contribution in [0.2, 0.25) is 0 Å². The van der Waals surface area contributed by atoms with Gasteiger partial charge in [0.25, 0.3) is 0 Å². The van der Waals surface area contributed by atoms with Crippen LogP contribution in [0.4, 0.5) is 13.2 Å². The fourth-order valence-corrected chi connectivity index (χ4v) is 3.07. The average Bonchev–Trinajstić information content (AvgIpc) is 2.67. The van der Waals surface area contributed by atoms with Gasteiger partial charge in [-0.15, -0.1) is 0 Å². The highest BCUT2D eigenvalue weighted by molar-refractivity contribution is 6.07. The quantitative estimate of drug-likeness (QED) is 0.252. The number of nitrogens with two attached hydrogens (primary N) is 1. The number of aromatic hydroxyl groups is 1. The van der Waals surface area contributed by atoms with Crippen LogP contribution in [-0.4, -0.2) is 16.1 Å². The van der Waals surface area contributed by atoms with Crippen LogP contribution in [0.25, 0.3) is 22.3 Å². The van der Waals surface area contributed by atoms with E-state index in [0.29, 0.717) is 16.7 Å². The molecule has 0 heterocycles. The van der Waals surface area contributed by atoms with Gasteiger partial charge in [-0.3, -0.25) is 0 Å². The maximum Gasteiger partial charge on any atom is 0.416 e. The van der Waals surface area contributed by atoms with Crippen molar-refractivity contribution in [3.63, 3.8) is 0 Å². The fraction of sp³-hybridized carbons (Fsp3) is 0.0952. The van der Waals surface area contributed by atoms with E-state index in [-0.39, 0.29) is 16.9 Å². The number of rotatable bonds is 3. The van der Waals surface area contributed by atoms with Crippen molar-refractivity contribution in [2.75, 3.05) is 0 Å². The van der Waals surface area contributed by atoms with Gasteiger partial charge < -0.3 is 16.0 Å². The molecule has 4 N–H and O–H groups in total. The van der Waals surface area contributed by atoms with Crippen molar-refractivity contribution in [2.24, 2.45) is 10.9 Å². The maximum absolute atomic E-state index is 13.5. The van der Waals surface area contributed by atoms with Crippen LogP contribution in [0.1, 0.15) is 16.7 Å². The zero-order chi connectivity index (χ0) is 20.5. The van der Waals surface area contributed by atoms with E-state index in [0.717, 1.165) is 17.7 Å². The first-order valence-electron chi connectivity index (χ1n) is 8.31. The Labute approximate surface area is 159 Å². The third-order valence-electron chi connectivity index (χ3n) is 4.44. The van der Waals surface area contributed by atoms with Gasteiger partial charge in [-0.05, 0) is 53.4 Å². The van der Waals surface area contributed by atoms with E-state index < -0.39 is 17.6 Å². The number of hydrogen-bond acceptors (Lipinski definition) is 3. The minimum atomic E-state index is -4.62. The molecule has 3 rings (SSSR count). The molecule has 0 radical (unpaired) electrons. The van der Waals surface area contributed by atoms with Gasteiger partial charge in [0.15, 0.2) is 5.84 Å². The Morgan fingerprint density at radius 1 is 0.964 bits per heavy atom. The fourth-order valence-electron chi connectivity index (χ4n) is 3.07. The molecule has 7 heteroatoms. The molecule has 0 unspecified atom stereocenters. The summed E-state index contributed by atoms with van der Waals surface area (Å²) >= 11 is 0. The summed E-state index contributed by atoms with van der Waals surface area (Å²) in [6.45, 7) is 1.82. The van der Waals surface area contributed by atoms with Gasteiger partial charge in [-0.25, -0.2) is 0 Å². The van der Waals surface area contributed by atoms with E-state index in [1.165, 1.54) is 24.3 Å². The molecular weight excluding hydrogens is 369 g/mol. The van der Waals surface area contributed by atoms with E-state index in [4.69, 9.17) is 10.9 Å². The number of benzene rings is 3. The molecule has 0 aliphatic heterocycles. The zero-order valence-corrected chi connectivity index (χ0v) is 14.8. The molecule has 0 spiro atoms. The number of amidine groups is 1. The lowest BCUT2D eigenvalue weighted by Gasteiger charge is -2.20. The van der Waals surface area contributed by atoms with Crippen LogP contribution in [0.15, 0.2) is 65.8 Å². The number of halogens is 3. The number of phenols is 1. The molecule has 4 nitrogen and oxygen atoms in total. The summed E-state index contributed by atoms with van der Waals surface area (Å²) in [6, 6.07) is 14.9. The summed E-state index contributed by atoms with van der Waals surface area (Å²) < 4.78 is 40.6. The van der Waals surface area contributed by atoms with Crippen LogP contribution >= 0.6 is 0 Å². The van der Waals surface area contributed by atoms with Crippen molar-refractivity contribution < 1.29 is 23.5 Å². The Morgan fingerprint density at radius 2 is 1.61 bits per heavy atom. The predicted octanol–water partition coefficient (Wildman–Crippen LogP) is 5.15. The highest BCUT2D eigenvalue weighted by atomic mass is 19.4. The summed E-state index contributed by atoms with van der Waals surface area (Å²) in [4.78, 5) is 0. The first kappa shape index (κ1) is 19.3. The molecule has 0 fully saturated rings. The predicted molar refractivity (Wildman–Crippen MR) is 101 cm³/mol. The van der Waals surface area contributed by atoms with Gasteiger partial charge in [0, 0.05) is 11.1 Å². The summed E-state index contributed by atoms with van der Waals surface area (Å²) in [6.07, 6.45) is -4.62. The molecule has 28 heavy (non-hydrogen) atoms. The summed E-state index contributed by atoms with van der Waals surface area (Å²) in [5.41, 5.74) is 7.39. The van der Waals surface area contributed by atoms with E-state index in [1.54, 1.807) is 12.1 Å². The second kappa shape index (κ2) is 7.26. The Hall–Kier alpha value is -3.48. The summed E-state index contributed by atoms with van der Waals surface area (Å²) in [7, 11) is 0. The van der Waals surface area contributed by atoms with E-state index >= 15 is 0 Å². The molecule has 0 atom stereocenters. The minimum Gasteiger partial charge on any atom is -0.508 e. The van der Waals surface area contributed by atoms with Crippen molar-refractivity contribution in [1.82, 2.24) is 0 Å². The Bertz CT molecular complexity index is 1040. The Balaban J connectivity index is 2.46. The molecule has 0 bridgehead atoms. The van der Waals surface area contributed by atoms with Gasteiger partial charge in [0.1, 0.15) is 5.75 Å². The summed E-state index contributed by atoms with van der Waals surface area (Å²) in [5, 5.41) is 21.6. The van der Waals surface area contributed by atoms with Gasteiger partial charge in [-0.1, -0.05) is 41.6 Å². The van der Waals surface area contributed by atoms with E-state index in [9.17, 15) is 18.3 Å². The van der Waals surface area contributed by atoms with Crippen molar-refractivity contribution in [3.8, 4) is 28.0 Å². The lowest BCUT2D eigenvalue weighted by atomic mass is 9.86. The van der Waals surface area contributed by atoms with Crippen LogP contribution in [-0.2, 0) is 6.18 Å². The molecule has 0 saturated carbocycles. The topological polar surface area (TPSA) is 78.8 Å². The maximum atomic E-state index is 13.5. The molecule has 0 aliphatic carbocycles. The minimum absolute atomic E-state index is 0.00942. The second-order valence-corrected chi connectivity index (χ2v) is 6.29. The van der Waals surface area contributed by atoms with Gasteiger partial charge in [-0.2, -0.15) is 13.2 Å². The monoisotopic (exact) mass is 386 g/mol. The van der Waals surface area contributed by atoms with Crippen molar-refractivity contribution in [1.29, 1.82) is 0 Å². The Morgan fingerprint density at radius 3 is 2.18 bits per heavy atom. The molecule has 0 saturated heterocycles. The van der Waals surface area contributed by atoms with Gasteiger partial charge in [0.2, 0.25) is 0 Å². The highest BCUT2D eigenvalue weighted by Crippen LogP contribution is 2.41. The molecule has 144 valence electrons. The third kappa shape index (κ3) is 3.64. The van der Waals surface area contributed by atoms with Crippen molar-refractivity contribution in [2.45, 2.75) is 13.1 Å². The SMILES string of the molecule is Cc1ccccc1-c1c(C(N)=NO)cc(C(F)(F)F)cc1-c1ccc(O)cc1. The molecular formula is C21H17F3N2O2. The molecule has 0 aromatic heterocycles. The van der Waals surface area contributed by atoms with E-state index in [2.05, 4.69) is 5.16 Å². The third-order valence-corrected chi connectivity index (χ3v) is 4.44. The van der Waals surface area contributed by atoms with Crippen molar-refractivity contribution >= 4 is 5.84 Å². The largest absolute Gasteiger partial charge is 0.508 e. The molecule has 0 aliphatic rings. The Kier molecular flexibility index (Phi) is 5.00. The number of phenolic OH excluding ortho intramolecular Hbond substituents is 1. The van der Waals surface area contributed by atoms with E-state index in [1.807, 2.05) is 19.1 Å². The molecule has 3 aromatic rings. The van der Waals surface area contributed by atoms with Crippen LogP contribution in [0, 0.1) is 6.92 Å². The first-order chi connectivity index (χ1) is 13.2.